The zero-order valence-corrected chi connectivity index (χ0v) is 11.2. The lowest BCUT2D eigenvalue weighted by Gasteiger charge is -2.37. The van der Waals surface area contributed by atoms with Crippen molar-refractivity contribution in [3.05, 3.63) is 0 Å². The van der Waals surface area contributed by atoms with Gasteiger partial charge in [-0.25, -0.2) is 0 Å². The van der Waals surface area contributed by atoms with E-state index in [-0.39, 0.29) is 18.1 Å². The average molecular weight is 339 g/mol. The molecule has 1 aliphatic rings. The third-order valence-electron chi connectivity index (χ3n) is 2.82. The fourth-order valence-electron chi connectivity index (χ4n) is 1.95. The summed E-state index contributed by atoms with van der Waals surface area (Å²) in [6.45, 7) is -0.343. The van der Waals surface area contributed by atoms with Crippen LogP contribution < -0.4 is 0 Å². The molecule has 0 aliphatic carbocycles. The summed E-state index contributed by atoms with van der Waals surface area (Å²) in [6, 6.07) is -1.18. The number of alkyl halides is 6. The van der Waals surface area contributed by atoms with Crippen LogP contribution in [0.15, 0.2) is 0 Å². The second-order valence-electron chi connectivity index (χ2n) is 4.37. The fourth-order valence-corrected chi connectivity index (χ4v) is 3.01. The molecule has 1 fully saturated rings. The highest BCUT2D eigenvalue weighted by atomic mass is 32.2. The molecule has 1 atom stereocenters. The number of hydrogen-bond acceptors (Lipinski definition) is 3. The van der Waals surface area contributed by atoms with Gasteiger partial charge in [-0.15, -0.1) is 0 Å². The molecular weight excluding hydrogens is 328 g/mol. The van der Waals surface area contributed by atoms with Crippen LogP contribution in [-0.4, -0.2) is 58.3 Å². The molecule has 0 aromatic rings. The maximum absolute atomic E-state index is 12.5. The molecule has 0 aromatic heterocycles. The van der Waals surface area contributed by atoms with Crippen LogP contribution in [0.1, 0.15) is 6.42 Å². The maximum Gasteiger partial charge on any atom is 0.409 e. The number of halogens is 6. The summed E-state index contributed by atoms with van der Waals surface area (Å²) in [5, 5.41) is 8.63. The van der Waals surface area contributed by atoms with E-state index in [1.165, 1.54) is 11.8 Å². The molecule has 122 valence electrons. The third-order valence-corrected chi connectivity index (χ3v) is 3.91. The van der Waals surface area contributed by atoms with Crippen molar-refractivity contribution in [2.45, 2.75) is 24.8 Å². The van der Waals surface area contributed by atoms with Gasteiger partial charge >= 0.3 is 18.3 Å². The summed E-state index contributed by atoms with van der Waals surface area (Å²) in [5.41, 5.74) is 0. The molecule has 1 heterocycles. The number of rotatable bonds is 3. The van der Waals surface area contributed by atoms with E-state index in [1.54, 1.807) is 0 Å². The first-order valence-electron chi connectivity index (χ1n) is 5.68. The predicted octanol–water partition coefficient (Wildman–Crippen LogP) is 2.15. The normalized spacial score (nSPS) is 20.7. The summed E-state index contributed by atoms with van der Waals surface area (Å²) in [4.78, 5) is 22.7. The lowest BCUT2D eigenvalue weighted by atomic mass is 10.0. The van der Waals surface area contributed by atoms with Gasteiger partial charge in [-0.1, -0.05) is 0 Å². The number of amides is 1. The lowest BCUT2D eigenvalue weighted by Crippen LogP contribution is -2.55. The average Bonchev–Trinajstić information content (AvgIpc) is 2.24. The molecule has 1 amide bonds. The van der Waals surface area contributed by atoms with Gasteiger partial charge in [0, 0.05) is 18.1 Å². The molecule has 21 heavy (non-hydrogen) atoms. The predicted molar refractivity (Wildman–Crippen MR) is 60.7 cm³/mol. The van der Waals surface area contributed by atoms with E-state index in [1.807, 2.05) is 0 Å². The molecule has 4 nitrogen and oxygen atoms in total. The Morgan fingerprint density at radius 2 is 1.71 bits per heavy atom. The van der Waals surface area contributed by atoms with Gasteiger partial charge in [-0.3, -0.25) is 9.59 Å². The van der Waals surface area contributed by atoms with Crippen molar-refractivity contribution in [2.75, 3.05) is 18.1 Å². The Bertz CT molecular complexity index is 397. The number of carbonyl (C=O) groups is 2. The van der Waals surface area contributed by atoms with Crippen LogP contribution in [0.25, 0.3) is 0 Å². The van der Waals surface area contributed by atoms with E-state index >= 15 is 0 Å². The van der Waals surface area contributed by atoms with E-state index in [9.17, 15) is 35.9 Å². The Hall–Kier alpha value is -1.13. The summed E-state index contributed by atoms with van der Waals surface area (Å²) < 4.78 is 75.1. The van der Waals surface area contributed by atoms with Crippen LogP contribution >= 0.6 is 11.8 Å². The number of carbonyl (C=O) groups excluding carboxylic acids is 1. The summed E-state index contributed by atoms with van der Waals surface area (Å²) in [5.74, 6) is -7.51. The number of thioether (sulfide) groups is 1. The van der Waals surface area contributed by atoms with Crippen molar-refractivity contribution in [1.82, 2.24) is 4.90 Å². The Balaban J connectivity index is 3.03. The monoisotopic (exact) mass is 339 g/mol. The number of carboxylic acid groups (broad SMARTS) is 1. The van der Waals surface area contributed by atoms with Crippen LogP contribution in [0.4, 0.5) is 26.3 Å². The Morgan fingerprint density at radius 1 is 1.19 bits per heavy atom. The second kappa shape index (κ2) is 6.32. The van der Waals surface area contributed by atoms with Crippen LogP contribution in [0.3, 0.4) is 0 Å². The lowest BCUT2D eigenvalue weighted by molar-refractivity contribution is -0.278. The minimum Gasteiger partial charge on any atom is -0.481 e. The van der Waals surface area contributed by atoms with Crippen LogP contribution in [0.2, 0.25) is 0 Å². The van der Waals surface area contributed by atoms with E-state index in [4.69, 9.17) is 5.11 Å². The summed E-state index contributed by atoms with van der Waals surface area (Å²) >= 11 is 1.17. The van der Waals surface area contributed by atoms with Gasteiger partial charge in [0.15, 0.2) is 0 Å². The SMILES string of the molecule is O=C(O)CC1CSCCN1C(=O)C(C(F)(F)F)C(F)(F)F. The van der Waals surface area contributed by atoms with Gasteiger partial charge in [0.05, 0.1) is 12.5 Å². The molecule has 11 heteroatoms. The number of carboxylic acids is 1. The van der Waals surface area contributed by atoms with E-state index in [0.717, 1.165) is 0 Å². The number of nitrogens with zero attached hydrogens (tertiary/aromatic N) is 1. The zero-order valence-electron chi connectivity index (χ0n) is 10.4. The molecule has 1 saturated heterocycles. The van der Waals surface area contributed by atoms with Gasteiger partial charge < -0.3 is 10.0 Å². The smallest absolute Gasteiger partial charge is 0.409 e. The highest BCUT2D eigenvalue weighted by molar-refractivity contribution is 7.99. The number of hydrogen-bond donors (Lipinski definition) is 1. The zero-order chi connectivity index (χ0) is 16.4. The van der Waals surface area contributed by atoms with Crippen LogP contribution in [0.5, 0.6) is 0 Å². The number of aliphatic carboxylic acids is 1. The largest absolute Gasteiger partial charge is 0.481 e. The molecule has 1 rings (SSSR count). The van der Waals surface area contributed by atoms with Crippen molar-refractivity contribution in [3.63, 3.8) is 0 Å². The van der Waals surface area contributed by atoms with Gasteiger partial charge in [-0.05, 0) is 0 Å². The summed E-state index contributed by atoms with van der Waals surface area (Å²) in [7, 11) is 0. The highest BCUT2D eigenvalue weighted by Gasteiger charge is 2.62. The molecule has 0 radical (unpaired) electrons. The van der Waals surface area contributed by atoms with Crippen LogP contribution in [-0.2, 0) is 9.59 Å². The molecule has 0 bridgehead atoms. The van der Waals surface area contributed by atoms with Crippen molar-refractivity contribution in [2.24, 2.45) is 5.92 Å². The molecule has 1 aliphatic heterocycles. The Morgan fingerprint density at radius 3 is 2.14 bits per heavy atom. The van der Waals surface area contributed by atoms with Gasteiger partial charge in [0.1, 0.15) is 0 Å². The van der Waals surface area contributed by atoms with E-state index in [0.29, 0.717) is 4.90 Å². The van der Waals surface area contributed by atoms with Crippen LogP contribution in [0, 0.1) is 5.92 Å². The van der Waals surface area contributed by atoms with E-state index < -0.39 is 42.6 Å². The fraction of sp³-hybridized carbons (Fsp3) is 0.800. The molecule has 0 spiro atoms. The van der Waals surface area contributed by atoms with Crippen molar-refractivity contribution in [1.29, 1.82) is 0 Å². The molecule has 1 unspecified atom stereocenters. The molecule has 0 aromatic carbocycles. The minimum absolute atomic E-state index is 0.0134. The standard InChI is InChI=1S/C10H11F6NO3S/c11-9(12,13)7(10(14,15)16)8(20)17-1-2-21-4-5(17)3-6(18)19/h5,7H,1-4H2,(H,18,19). The highest BCUT2D eigenvalue weighted by Crippen LogP contribution is 2.41. The van der Waals surface area contributed by atoms with E-state index in [2.05, 4.69) is 0 Å². The maximum atomic E-state index is 12.5. The molecular formula is C10H11F6NO3S. The second-order valence-corrected chi connectivity index (χ2v) is 5.52. The van der Waals surface area contributed by atoms with Crippen molar-refractivity contribution >= 4 is 23.6 Å². The quantitative estimate of drug-likeness (QED) is 0.801. The molecule has 1 N–H and O–H groups in total. The minimum atomic E-state index is -5.77. The first-order valence-corrected chi connectivity index (χ1v) is 6.83. The Labute approximate surface area is 119 Å². The van der Waals surface area contributed by atoms with Crippen molar-refractivity contribution < 1.29 is 41.0 Å². The van der Waals surface area contributed by atoms with Crippen molar-refractivity contribution in [3.8, 4) is 0 Å². The topological polar surface area (TPSA) is 57.6 Å². The Kier molecular flexibility index (Phi) is 5.40. The third kappa shape index (κ3) is 4.68. The molecule has 0 saturated carbocycles. The van der Waals surface area contributed by atoms with Gasteiger partial charge in [-0.2, -0.15) is 38.1 Å². The summed E-state index contributed by atoms with van der Waals surface area (Å²) in [6.07, 6.45) is -12.2. The first-order chi connectivity index (χ1) is 9.44. The van der Waals surface area contributed by atoms with Gasteiger partial charge in [0.2, 0.25) is 11.8 Å². The van der Waals surface area contributed by atoms with Gasteiger partial charge in [0.25, 0.3) is 0 Å². The first kappa shape index (κ1) is 17.9.